The molecule has 2 heteroatoms. The number of hydrogen-bond donors (Lipinski definition) is 0. The number of halogens is 1. The maximum Gasteiger partial charge on any atom is 0.171 e. The van der Waals surface area contributed by atoms with Gasteiger partial charge in [-0.2, -0.15) is 0 Å². The Morgan fingerprint density at radius 2 is 2.29 bits per heavy atom. The predicted octanol–water partition coefficient (Wildman–Crippen LogP) is 4.67. The summed E-state index contributed by atoms with van der Waals surface area (Å²) >= 11 is 3.55. The third-order valence-electron chi connectivity index (χ3n) is 3.53. The molecule has 1 nitrogen and oxygen atoms in total. The standard InChI is InChI=1S/C15H23BrO/c1-11(2)6-5-7-12(3)13-8-9-14(17)15(4,16)10-13/h6,8-9,12-13H,5,7,10H2,1-4H3/t12-,13?,15?/m1/s1. The molecule has 0 bridgehead atoms. The fraction of sp³-hybridized carbons (Fsp3) is 0.667. The van der Waals surface area contributed by atoms with E-state index in [9.17, 15) is 4.79 Å². The summed E-state index contributed by atoms with van der Waals surface area (Å²) < 4.78 is -0.350. The van der Waals surface area contributed by atoms with E-state index in [1.54, 1.807) is 6.08 Å². The minimum absolute atomic E-state index is 0.199. The number of rotatable bonds is 4. The van der Waals surface area contributed by atoms with Gasteiger partial charge in [0.2, 0.25) is 0 Å². The van der Waals surface area contributed by atoms with Crippen LogP contribution < -0.4 is 0 Å². The van der Waals surface area contributed by atoms with E-state index in [1.807, 2.05) is 6.92 Å². The maximum absolute atomic E-state index is 11.6. The van der Waals surface area contributed by atoms with E-state index in [-0.39, 0.29) is 10.1 Å². The summed E-state index contributed by atoms with van der Waals surface area (Å²) in [5.74, 6) is 1.35. The molecule has 0 amide bonds. The Balaban J connectivity index is 2.54. The lowest BCUT2D eigenvalue weighted by atomic mass is 9.78. The van der Waals surface area contributed by atoms with Crippen LogP contribution in [0.3, 0.4) is 0 Å². The van der Waals surface area contributed by atoms with Gasteiger partial charge < -0.3 is 0 Å². The quantitative estimate of drug-likeness (QED) is 0.544. The number of carbonyl (C=O) groups excluding carboxylic acids is 1. The highest BCUT2D eigenvalue weighted by Gasteiger charge is 2.35. The summed E-state index contributed by atoms with van der Waals surface area (Å²) in [6.45, 7) is 8.54. The third-order valence-corrected chi connectivity index (χ3v) is 4.25. The van der Waals surface area contributed by atoms with Crippen molar-refractivity contribution in [2.24, 2.45) is 11.8 Å². The van der Waals surface area contributed by atoms with Crippen LogP contribution in [0.25, 0.3) is 0 Å². The molecule has 2 unspecified atom stereocenters. The first-order valence-electron chi connectivity index (χ1n) is 6.38. The first kappa shape index (κ1) is 14.7. The maximum atomic E-state index is 11.6. The van der Waals surface area contributed by atoms with E-state index in [0.717, 1.165) is 12.8 Å². The van der Waals surface area contributed by atoms with Gasteiger partial charge in [0, 0.05) is 0 Å². The van der Waals surface area contributed by atoms with E-state index >= 15 is 0 Å². The number of alkyl halides is 1. The highest BCUT2D eigenvalue weighted by molar-refractivity contribution is 9.10. The largest absolute Gasteiger partial charge is 0.293 e. The SMILES string of the molecule is CC(C)=CCC[C@@H](C)C1C=CC(=O)C(C)(Br)C1. The molecule has 1 rings (SSSR count). The van der Waals surface area contributed by atoms with Crippen LogP contribution in [-0.4, -0.2) is 10.1 Å². The van der Waals surface area contributed by atoms with Crippen LogP contribution in [0.4, 0.5) is 0 Å². The van der Waals surface area contributed by atoms with Crippen molar-refractivity contribution in [3.8, 4) is 0 Å². The number of carbonyl (C=O) groups is 1. The van der Waals surface area contributed by atoms with Gasteiger partial charge in [-0.15, -0.1) is 0 Å². The second-order valence-electron chi connectivity index (χ2n) is 5.62. The van der Waals surface area contributed by atoms with Crippen molar-refractivity contribution in [3.63, 3.8) is 0 Å². The van der Waals surface area contributed by atoms with Crippen molar-refractivity contribution in [2.75, 3.05) is 0 Å². The molecule has 3 atom stereocenters. The fourth-order valence-electron chi connectivity index (χ4n) is 2.24. The zero-order valence-electron chi connectivity index (χ0n) is 11.3. The van der Waals surface area contributed by atoms with Gasteiger partial charge in [-0.05, 0) is 57.9 Å². The van der Waals surface area contributed by atoms with E-state index in [1.165, 1.54) is 12.0 Å². The van der Waals surface area contributed by atoms with E-state index in [0.29, 0.717) is 11.8 Å². The topological polar surface area (TPSA) is 17.1 Å². The minimum Gasteiger partial charge on any atom is -0.293 e. The monoisotopic (exact) mass is 298 g/mol. The second kappa shape index (κ2) is 5.99. The first-order valence-corrected chi connectivity index (χ1v) is 7.17. The van der Waals surface area contributed by atoms with Crippen LogP contribution >= 0.6 is 15.9 Å². The van der Waals surface area contributed by atoms with Gasteiger partial charge in [0.1, 0.15) is 0 Å². The van der Waals surface area contributed by atoms with Gasteiger partial charge in [-0.3, -0.25) is 4.79 Å². The summed E-state index contributed by atoms with van der Waals surface area (Å²) in [5, 5.41) is 0. The normalized spacial score (nSPS) is 30.2. The average molecular weight is 299 g/mol. The van der Waals surface area contributed by atoms with Gasteiger partial charge in [0.15, 0.2) is 5.78 Å². The lowest BCUT2D eigenvalue weighted by Crippen LogP contribution is -2.34. The van der Waals surface area contributed by atoms with Gasteiger partial charge >= 0.3 is 0 Å². The van der Waals surface area contributed by atoms with Gasteiger partial charge in [0.25, 0.3) is 0 Å². The molecule has 0 saturated carbocycles. The van der Waals surface area contributed by atoms with Crippen LogP contribution in [0.2, 0.25) is 0 Å². The minimum atomic E-state index is -0.350. The van der Waals surface area contributed by atoms with Crippen molar-refractivity contribution in [1.29, 1.82) is 0 Å². The summed E-state index contributed by atoms with van der Waals surface area (Å²) in [7, 11) is 0. The lowest BCUT2D eigenvalue weighted by Gasteiger charge is -2.31. The van der Waals surface area contributed by atoms with Gasteiger partial charge in [0.05, 0.1) is 4.32 Å². The summed E-state index contributed by atoms with van der Waals surface area (Å²) in [5.41, 5.74) is 1.39. The number of hydrogen-bond acceptors (Lipinski definition) is 1. The second-order valence-corrected chi connectivity index (χ2v) is 7.38. The zero-order chi connectivity index (χ0) is 13.1. The molecule has 0 heterocycles. The highest BCUT2D eigenvalue weighted by atomic mass is 79.9. The smallest absolute Gasteiger partial charge is 0.171 e. The molecular weight excluding hydrogens is 276 g/mol. The van der Waals surface area contributed by atoms with Crippen LogP contribution in [0, 0.1) is 11.8 Å². The molecule has 0 fully saturated rings. The molecular formula is C15H23BrO. The van der Waals surface area contributed by atoms with Crippen molar-refractivity contribution < 1.29 is 4.79 Å². The lowest BCUT2D eigenvalue weighted by molar-refractivity contribution is -0.117. The Morgan fingerprint density at radius 3 is 2.82 bits per heavy atom. The Hall–Kier alpha value is -0.370. The van der Waals surface area contributed by atoms with Gasteiger partial charge in [-0.1, -0.05) is 40.6 Å². The molecule has 0 aliphatic heterocycles. The number of allylic oxidation sites excluding steroid dienone is 4. The van der Waals surface area contributed by atoms with E-state index < -0.39 is 0 Å². The summed E-state index contributed by atoms with van der Waals surface area (Å²) in [6, 6.07) is 0. The van der Waals surface area contributed by atoms with Crippen molar-refractivity contribution >= 4 is 21.7 Å². The van der Waals surface area contributed by atoms with Crippen LogP contribution in [0.5, 0.6) is 0 Å². The van der Waals surface area contributed by atoms with Crippen LogP contribution in [0.15, 0.2) is 23.8 Å². The van der Waals surface area contributed by atoms with Crippen LogP contribution in [0.1, 0.15) is 47.0 Å². The predicted molar refractivity (Wildman–Crippen MR) is 77.4 cm³/mol. The Kier molecular flexibility index (Phi) is 5.18. The molecule has 1 aliphatic rings. The molecule has 0 radical (unpaired) electrons. The average Bonchev–Trinajstić information content (AvgIpc) is 2.21. The Labute approximate surface area is 113 Å². The van der Waals surface area contributed by atoms with Crippen molar-refractivity contribution in [2.45, 2.75) is 51.3 Å². The summed E-state index contributed by atoms with van der Waals surface area (Å²) in [6.07, 6.45) is 9.39. The first-order chi connectivity index (χ1) is 7.83. The molecule has 0 saturated heterocycles. The molecule has 0 aromatic carbocycles. The fourth-order valence-corrected chi connectivity index (χ4v) is 2.74. The number of ketones is 1. The van der Waals surface area contributed by atoms with Crippen molar-refractivity contribution in [1.82, 2.24) is 0 Å². The Bertz CT molecular complexity index is 335. The van der Waals surface area contributed by atoms with Crippen molar-refractivity contribution in [3.05, 3.63) is 23.8 Å². The molecule has 0 aromatic heterocycles. The van der Waals surface area contributed by atoms with Crippen LogP contribution in [-0.2, 0) is 4.79 Å². The Morgan fingerprint density at radius 1 is 1.65 bits per heavy atom. The molecule has 17 heavy (non-hydrogen) atoms. The molecule has 1 aliphatic carbocycles. The molecule has 0 N–H and O–H groups in total. The van der Waals surface area contributed by atoms with E-state index in [2.05, 4.69) is 48.9 Å². The third kappa shape index (κ3) is 4.42. The van der Waals surface area contributed by atoms with E-state index in [4.69, 9.17) is 0 Å². The summed E-state index contributed by atoms with van der Waals surface area (Å²) in [4.78, 5) is 11.6. The molecule has 96 valence electrons. The molecule has 0 aromatic rings. The molecule has 0 spiro atoms. The highest BCUT2D eigenvalue weighted by Crippen LogP contribution is 2.36. The zero-order valence-corrected chi connectivity index (χ0v) is 12.9. The van der Waals surface area contributed by atoms with Gasteiger partial charge in [-0.25, -0.2) is 0 Å².